The Bertz CT molecular complexity index is 1150. The minimum Gasteiger partial charge on any atom is -0.505 e. The van der Waals surface area contributed by atoms with Crippen molar-refractivity contribution < 1.29 is 34.8 Å². The number of Topliss-reactive ketones (excluding diaryl/α,β-unsaturated/α-hetero) is 2. The molecule has 204 valence electrons. The number of carbonyl (C=O) groups is 3. The van der Waals surface area contributed by atoms with E-state index in [9.17, 15) is 34.8 Å². The Morgan fingerprint density at radius 1 is 1.05 bits per heavy atom. The van der Waals surface area contributed by atoms with Gasteiger partial charge in [0.2, 0.25) is 5.78 Å². The van der Waals surface area contributed by atoms with E-state index in [2.05, 4.69) is 0 Å². The number of aliphatic hydroxyl groups excluding tert-OH is 2. The van der Waals surface area contributed by atoms with Gasteiger partial charge in [-0.2, -0.15) is 0 Å². The van der Waals surface area contributed by atoms with Crippen LogP contribution >= 0.6 is 0 Å². The van der Waals surface area contributed by atoms with Gasteiger partial charge in [-0.05, 0) is 76.4 Å². The SMILES string of the molecule is CC(C)(O)/C=C/C(=O)[C@](C)(O)C1[C@H](O)C[C@@]2(C)[C@@H]3CC=C4C(C=C(O)C(=O)C4(C)C)[C@]3(C)C(=O)C[C@@]12C. The molecule has 0 heterocycles. The highest BCUT2D eigenvalue weighted by molar-refractivity contribution is 6.02. The van der Waals surface area contributed by atoms with E-state index >= 15 is 0 Å². The van der Waals surface area contributed by atoms with Crippen LogP contribution < -0.4 is 0 Å². The number of hydrogen-bond acceptors (Lipinski definition) is 7. The van der Waals surface area contributed by atoms with Crippen molar-refractivity contribution in [3.05, 3.63) is 35.6 Å². The Balaban J connectivity index is 1.82. The molecular formula is C30H42O7. The van der Waals surface area contributed by atoms with Crippen LogP contribution in [0.3, 0.4) is 0 Å². The Morgan fingerprint density at radius 3 is 2.22 bits per heavy atom. The van der Waals surface area contributed by atoms with Crippen LogP contribution in [0.15, 0.2) is 35.6 Å². The second-order valence-electron chi connectivity index (χ2n) is 13.9. The number of hydrogen-bond donors (Lipinski definition) is 4. The van der Waals surface area contributed by atoms with Crippen LogP contribution in [0.5, 0.6) is 0 Å². The van der Waals surface area contributed by atoms with Gasteiger partial charge in [0.25, 0.3) is 0 Å². The van der Waals surface area contributed by atoms with E-state index in [0.717, 1.165) is 11.6 Å². The fourth-order valence-corrected chi connectivity index (χ4v) is 8.58. The molecule has 7 nitrogen and oxygen atoms in total. The summed E-state index contributed by atoms with van der Waals surface area (Å²) in [7, 11) is 0. The van der Waals surface area contributed by atoms with Gasteiger partial charge in [-0.15, -0.1) is 0 Å². The summed E-state index contributed by atoms with van der Waals surface area (Å²) < 4.78 is 0. The maximum atomic E-state index is 14.2. The van der Waals surface area contributed by atoms with E-state index < -0.39 is 56.6 Å². The summed E-state index contributed by atoms with van der Waals surface area (Å²) in [6, 6.07) is 0. The monoisotopic (exact) mass is 514 g/mol. The third-order valence-electron chi connectivity index (χ3n) is 10.8. The average molecular weight is 515 g/mol. The van der Waals surface area contributed by atoms with E-state index in [0.29, 0.717) is 12.8 Å². The van der Waals surface area contributed by atoms with Gasteiger partial charge in [-0.25, -0.2) is 0 Å². The first-order valence-corrected chi connectivity index (χ1v) is 13.2. The molecule has 0 aliphatic heterocycles. The molecule has 0 radical (unpaired) electrons. The molecule has 37 heavy (non-hydrogen) atoms. The fraction of sp³-hybridized carbons (Fsp3) is 0.700. The van der Waals surface area contributed by atoms with Crippen LogP contribution in [0.4, 0.5) is 0 Å². The third-order valence-corrected chi connectivity index (χ3v) is 10.8. The highest BCUT2D eigenvalue weighted by atomic mass is 16.3. The first kappa shape index (κ1) is 27.9. The van der Waals surface area contributed by atoms with E-state index in [-0.39, 0.29) is 29.7 Å². The van der Waals surface area contributed by atoms with Crippen LogP contribution in [-0.2, 0) is 14.4 Å². The lowest BCUT2D eigenvalue weighted by Crippen LogP contribution is -2.64. The van der Waals surface area contributed by atoms with Gasteiger partial charge in [-0.3, -0.25) is 14.4 Å². The molecule has 4 N–H and O–H groups in total. The molecule has 0 aromatic heterocycles. The zero-order valence-corrected chi connectivity index (χ0v) is 23.3. The predicted octanol–water partition coefficient (Wildman–Crippen LogP) is 3.62. The van der Waals surface area contributed by atoms with Crippen LogP contribution in [0.2, 0.25) is 0 Å². The molecule has 0 amide bonds. The Kier molecular flexibility index (Phi) is 6.01. The quantitative estimate of drug-likeness (QED) is 0.333. The van der Waals surface area contributed by atoms with Crippen molar-refractivity contribution in [1.82, 2.24) is 0 Å². The zero-order chi connectivity index (χ0) is 28.1. The van der Waals surface area contributed by atoms with Crippen LogP contribution in [0.1, 0.15) is 74.7 Å². The van der Waals surface area contributed by atoms with Crippen molar-refractivity contribution in [1.29, 1.82) is 0 Å². The van der Waals surface area contributed by atoms with Crippen molar-refractivity contribution in [2.24, 2.45) is 39.4 Å². The molecule has 0 bridgehead atoms. The summed E-state index contributed by atoms with van der Waals surface area (Å²) in [4.78, 5) is 40.1. The van der Waals surface area contributed by atoms with E-state index in [1.54, 1.807) is 13.8 Å². The lowest BCUT2D eigenvalue weighted by Gasteiger charge is -2.63. The first-order valence-electron chi connectivity index (χ1n) is 13.2. The van der Waals surface area contributed by atoms with Gasteiger partial charge >= 0.3 is 0 Å². The summed E-state index contributed by atoms with van der Waals surface area (Å²) in [5.41, 5.74) is -5.75. The van der Waals surface area contributed by atoms with E-state index in [1.807, 2.05) is 26.8 Å². The topological polar surface area (TPSA) is 132 Å². The molecule has 8 atom stereocenters. The van der Waals surface area contributed by atoms with Crippen molar-refractivity contribution in [2.45, 2.75) is 92.0 Å². The molecule has 0 aromatic carbocycles. The number of fused-ring (bicyclic) bond motifs is 5. The van der Waals surface area contributed by atoms with Crippen LogP contribution in [0.25, 0.3) is 0 Å². The third kappa shape index (κ3) is 3.60. The summed E-state index contributed by atoms with van der Waals surface area (Å²) in [6.45, 7) is 13.8. The molecule has 2 fully saturated rings. The van der Waals surface area contributed by atoms with Gasteiger partial charge in [-0.1, -0.05) is 38.5 Å². The predicted molar refractivity (Wildman–Crippen MR) is 138 cm³/mol. The molecule has 0 aromatic rings. The number of aliphatic hydroxyl groups is 4. The summed E-state index contributed by atoms with van der Waals surface area (Å²) in [5, 5.41) is 43.6. The Labute approximate surface area is 219 Å². The first-order chi connectivity index (χ1) is 16.7. The summed E-state index contributed by atoms with van der Waals surface area (Å²) in [6.07, 6.45) is 5.85. The lowest BCUT2D eigenvalue weighted by atomic mass is 9.39. The van der Waals surface area contributed by atoms with Gasteiger partial charge in [0, 0.05) is 23.7 Å². The highest BCUT2D eigenvalue weighted by Gasteiger charge is 2.74. The van der Waals surface area contributed by atoms with Crippen LogP contribution in [0, 0.1) is 39.4 Å². The zero-order valence-electron chi connectivity index (χ0n) is 23.3. The number of ketones is 3. The summed E-state index contributed by atoms with van der Waals surface area (Å²) in [5.74, 6) is -2.98. The molecule has 4 rings (SSSR count). The Morgan fingerprint density at radius 2 is 1.65 bits per heavy atom. The van der Waals surface area contributed by atoms with Crippen molar-refractivity contribution in [3.63, 3.8) is 0 Å². The molecule has 2 saturated carbocycles. The number of rotatable bonds is 4. The van der Waals surface area contributed by atoms with Gasteiger partial charge in [0.1, 0.15) is 11.4 Å². The van der Waals surface area contributed by atoms with Crippen molar-refractivity contribution in [3.8, 4) is 0 Å². The molecule has 7 heteroatoms. The average Bonchev–Trinajstić information content (AvgIpc) is 2.96. The fourth-order valence-electron chi connectivity index (χ4n) is 8.58. The molecule has 2 unspecified atom stereocenters. The number of carbonyl (C=O) groups excluding carboxylic acids is 3. The normalized spacial score (nSPS) is 42.9. The van der Waals surface area contributed by atoms with Crippen LogP contribution in [-0.4, -0.2) is 55.1 Å². The Hall–Kier alpha value is -2.09. The molecule has 0 saturated heterocycles. The van der Waals surface area contributed by atoms with Gasteiger partial charge in [0.05, 0.1) is 17.1 Å². The van der Waals surface area contributed by atoms with Crippen molar-refractivity contribution in [2.75, 3.05) is 0 Å². The molecule has 0 spiro atoms. The maximum Gasteiger partial charge on any atom is 0.206 e. The van der Waals surface area contributed by atoms with Gasteiger partial charge < -0.3 is 20.4 Å². The standard InChI is InChI=1S/C30H42O7/c1-25(2,36)12-11-21(33)30(8,37)23-19(32)14-27(5)20-10-9-16-17(13-18(31)24(35)26(16,3)4)29(20,7)22(34)15-28(23,27)6/h9,11-13,17,19-20,23,31-32,36-37H,10,14-15H2,1-8H3/b12-11+/t17?,19-,20+,23?,27+,28+,29+,30+/m1/s1. The second kappa shape index (κ2) is 7.96. The van der Waals surface area contributed by atoms with E-state index in [4.69, 9.17) is 0 Å². The van der Waals surface area contributed by atoms with Gasteiger partial charge in [0.15, 0.2) is 11.5 Å². The smallest absolute Gasteiger partial charge is 0.206 e. The molecular weight excluding hydrogens is 472 g/mol. The minimum atomic E-state index is -1.96. The van der Waals surface area contributed by atoms with Crippen molar-refractivity contribution >= 4 is 17.3 Å². The lowest BCUT2D eigenvalue weighted by molar-refractivity contribution is -0.179. The summed E-state index contributed by atoms with van der Waals surface area (Å²) >= 11 is 0. The minimum absolute atomic E-state index is 0.0453. The van der Waals surface area contributed by atoms with E-state index in [1.165, 1.54) is 32.9 Å². The molecule has 4 aliphatic carbocycles. The molecule has 4 aliphatic rings. The number of allylic oxidation sites excluding steroid dienone is 4. The highest BCUT2D eigenvalue weighted by Crippen LogP contribution is 2.73. The second-order valence-corrected chi connectivity index (χ2v) is 13.9. The maximum absolute atomic E-state index is 14.2. The largest absolute Gasteiger partial charge is 0.505 e.